The molecule has 4 unspecified atom stereocenters. The first-order valence-electron chi connectivity index (χ1n) is 15.4. The van der Waals surface area contributed by atoms with Gasteiger partial charge in [0.15, 0.2) is 0 Å². The van der Waals surface area contributed by atoms with Crippen LogP contribution in [0.25, 0.3) is 0 Å². The number of ether oxygens (including phenoxy) is 2. The zero-order valence-electron chi connectivity index (χ0n) is 23.8. The second kappa shape index (κ2) is 13.0. The van der Waals surface area contributed by atoms with Crippen LogP contribution >= 0.6 is 0 Å². The highest BCUT2D eigenvalue weighted by Gasteiger charge is 2.44. The average Bonchev–Trinajstić information content (AvgIpc) is 2.93. The van der Waals surface area contributed by atoms with E-state index in [1.54, 1.807) is 0 Å². The van der Waals surface area contributed by atoms with Crippen LogP contribution in [0.3, 0.4) is 0 Å². The molecule has 0 aromatic rings. The monoisotopic (exact) mass is 548 g/mol. The van der Waals surface area contributed by atoms with Gasteiger partial charge in [0.2, 0.25) is 0 Å². The molecule has 0 radical (unpaired) electrons. The first-order valence-corrected chi connectivity index (χ1v) is 15.4. The maximum Gasteiger partial charge on any atom is 0.310 e. The molecule has 4 aliphatic carbocycles. The van der Waals surface area contributed by atoms with Gasteiger partial charge in [0, 0.05) is 0 Å². The summed E-state index contributed by atoms with van der Waals surface area (Å²) in [6, 6.07) is 0. The largest absolute Gasteiger partial charge is 0.481 e. The maximum absolute atomic E-state index is 12.8. The zero-order chi connectivity index (χ0) is 28.2. The summed E-state index contributed by atoms with van der Waals surface area (Å²) in [5.74, 6) is -3.61. The molecule has 4 aliphatic rings. The lowest BCUT2D eigenvalue weighted by Gasteiger charge is -2.46. The van der Waals surface area contributed by atoms with Gasteiger partial charge in [-0.25, -0.2) is 0 Å². The Morgan fingerprint density at radius 1 is 0.513 bits per heavy atom. The van der Waals surface area contributed by atoms with Crippen molar-refractivity contribution in [1.29, 1.82) is 0 Å². The number of hydrogen-bond acceptors (Lipinski definition) is 6. The van der Waals surface area contributed by atoms with Crippen molar-refractivity contribution < 1.29 is 38.9 Å². The Labute approximate surface area is 232 Å². The van der Waals surface area contributed by atoms with Gasteiger partial charge in [-0.3, -0.25) is 19.2 Å². The summed E-state index contributed by atoms with van der Waals surface area (Å²) in [7, 11) is 0. The van der Waals surface area contributed by atoms with Crippen LogP contribution < -0.4 is 0 Å². The number of carbonyl (C=O) groups excluding carboxylic acids is 2. The second-order valence-corrected chi connectivity index (χ2v) is 13.3. The fourth-order valence-corrected chi connectivity index (χ4v) is 8.10. The van der Waals surface area contributed by atoms with Crippen LogP contribution in [-0.2, 0) is 28.7 Å². The number of carbonyl (C=O) groups is 4. The number of carboxylic acids is 2. The Balaban J connectivity index is 1.22. The zero-order valence-corrected chi connectivity index (χ0v) is 23.8. The van der Waals surface area contributed by atoms with E-state index in [-0.39, 0.29) is 29.6 Å². The SMILES string of the molecule is CC(C)(C1CCC(OC(=O)C2CCCCC2C(=O)O)CC1)C1CCC(OC(=O)C2CCCCC2C(=O)O)CC1. The molecule has 2 N–H and O–H groups in total. The van der Waals surface area contributed by atoms with Gasteiger partial charge in [-0.2, -0.15) is 0 Å². The molecule has 8 heteroatoms. The predicted octanol–water partition coefficient (Wildman–Crippen LogP) is 6.00. The van der Waals surface area contributed by atoms with Gasteiger partial charge in [0.25, 0.3) is 0 Å². The van der Waals surface area contributed by atoms with Gasteiger partial charge in [0.1, 0.15) is 12.2 Å². The Morgan fingerprint density at radius 2 is 0.821 bits per heavy atom. The maximum atomic E-state index is 12.8. The minimum Gasteiger partial charge on any atom is -0.481 e. The molecule has 0 aromatic carbocycles. The lowest BCUT2D eigenvalue weighted by Crippen LogP contribution is -2.41. The van der Waals surface area contributed by atoms with Gasteiger partial charge >= 0.3 is 23.9 Å². The molecule has 4 fully saturated rings. The molecule has 0 aliphatic heterocycles. The molecular weight excluding hydrogens is 500 g/mol. The third kappa shape index (κ3) is 7.15. The van der Waals surface area contributed by atoms with E-state index in [1.807, 2.05) is 0 Å². The number of carboxylic acid groups (broad SMARTS) is 2. The van der Waals surface area contributed by atoms with E-state index in [2.05, 4.69) is 13.8 Å². The summed E-state index contributed by atoms with van der Waals surface area (Å²) < 4.78 is 11.7. The molecule has 0 heterocycles. The molecule has 0 saturated heterocycles. The summed E-state index contributed by atoms with van der Waals surface area (Å²) in [6.45, 7) is 4.69. The quantitative estimate of drug-likeness (QED) is 0.354. The van der Waals surface area contributed by atoms with Crippen molar-refractivity contribution in [3.8, 4) is 0 Å². The first-order chi connectivity index (χ1) is 18.6. The summed E-state index contributed by atoms with van der Waals surface area (Å²) in [4.78, 5) is 48.8. The molecule has 8 nitrogen and oxygen atoms in total. The number of rotatable bonds is 8. The molecule has 0 spiro atoms. The molecule has 4 rings (SSSR count). The van der Waals surface area contributed by atoms with Crippen molar-refractivity contribution in [3.05, 3.63) is 0 Å². The third-order valence-electron chi connectivity index (χ3n) is 10.8. The Kier molecular flexibility index (Phi) is 9.97. The van der Waals surface area contributed by atoms with Crippen LogP contribution in [0.2, 0.25) is 0 Å². The third-order valence-corrected chi connectivity index (χ3v) is 10.8. The molecule has 39 heavy (non-hydrogen) atoms. The van der Waals surface area contributed by atoms with Crippen LogP contribution in [0.1, 0.15) is 117 Å². The number of aliphatic carboxylic acids is 2. The van der Waals surface area contributed by atoms with Gasteiger partial charge in [-0.1, -0.05) is 39.5 Å². The molecule has 4 atom stereocenters. The molecule has 0 bridgehead atoms. The minimum absolute atomic E-state index is 0.120. The summed E-state index contributed by atoms with van der Waals surface area (Å²) in [5.41, 5.74) is 0.125. The van der Waals surface area contributed by atoms with E-state index in [0.29, 0.717) is 37.5 Å². The molecule has 0 aromatic heterocycles. The Morgan fingerprint density at radius 3 is 1.13 bits per heavy atom. The van der Waals surface area contributed by atoms with Crippen LogP contribution in [0.15, 0.2) is 0 Å². The molecule has 0 amide bonds. The predicted molar refractivity (Wildman–Crippen MR) is 144 cm³/mol. The van der Waals surface area contributed by atoms with Gasteiger partial charge in [-0.15, -0.1) is 0 Å². The van der Waals surface area contributed by atoms with Crippen LogP contribution in [0.5, 0.6) is 0 Å². The summed E-state index contributed by atoms with van der Waals surface area (Å²) in [6.07, 6.45) is 12.8. The molecule has 4 saturated carbocycles. The standard InChI is InChI=1S/C31H48O8/c1-31(2,19-11-15-21(16-12-19)38-29(36)25-9-5-3-7-23(25)27(32)33)20-13-17-22(18-14-20)39-30(37)26-10-6-4-8-24(26)28(34)35/h19-26H,3-18H2,1-2H3,(H,32,33)(H,34,35). The van der Waals surface area contributed by atoms with Gasteiger partial charge in [-0.05, 0) is 94.3 Å². The van der Waals surface area contributed by atoms with E-state index in [0.717, 1.165) is 77.0 Å². The van der Waals surface area contributed by atoms with Crippen molar-refractivity contribution in [1.82, 2.24) is 0 Å². The van der Waals surface area contributed by atoms with E-state index in [1.165, 1.54) is 0 Å². The van der Waals surface area contributed by atoms with Gasteiger partial charge in [0.05, 0.1) is 23.7 Å². The van der Waals surface area contributed by atoms with Crippen molar-refractivity contribution in [3.63, 3.8) is 0 Å². The average molecular weight is 549 g/mol. The minimum atomic E-state index is -0.884. The summed E-state index contributed by atoms with van der Waals surface area (Å²) >= 11 is 0. The molecular formula is C31H48O8. The smallest absolute Gasteiger partial charge is 0.310 e. The fraction of sp³-hybridized carbons (Fsp3) is 0.871. The van der Waals surface area contributed by atoms with Gasteiger partial charge < -0.3 is 19.7 Å². The number of esters is 2. The Hall–Kier alpha value is -2.12. The van der Waals surface area contributed by atoms with E-state index < -0.39 is 35.6 Å². The highest BCUT2D eigenvalue weighted by Crippen LogP contribution is 2.49. The Bertz CT molecular complexity index is 811. The highest BCUT2D eigenvalue weighted by atomic mass is 16.5. The van der Waals surface area contributed by atoms with Crippen LogP contribution in [0.4, 0.5) is 0 Å². The molecule has 220 valence electrons. The van der Waals surface area contributed by atoms with E-state index in [4.69, 9.17) is 9.47 Å². The van der Waals surface area contributed by atoms with Crippen molar-refractivity contribution >= 4 is 23.9 Å². The topological polar surface area (TPSA) is 127 Å². The second-order valence-electron chi connectivity index (χ2n) is 13.3. The van der Waals surface area contributed by atoms with Crippen LogP contribution in [0, 0.1) is 40.9 Å². The lowest BCUT2D eigenvalue weighted by molar-refractivity contribution is -0.166. The van der Waals surface area contributed by atoms with Crippen molar-refractivity contribution in [2.24, 2.45) is 40.9 Å². The fourth-order valence-electron chi connectivity index (χ4n) is 8.10. The first kappa shape index (κ1) is 29.9. The van der Waals surface area contributed by atoms with E-state index in [9.17, 15) is 29.4 Å². The lowest BCUT2D eigenvalue weighted by atomic mass is 9.60. The van der Waals surface area contributed by atoms with Crippen molar-refractivity contribution in [2.75, 3.05) is 0 Å². The number of hydrogen-bond donors (Lipinski definition) is 2. The normalized spacial score (nSPS) is 35.9. The van der Waals surface area contributed by atoms with Crippen LogP contribution in [-0.4, -0.2) is 46.3 Å². The highest BCUT2D eigenvalue weighted by molar-refractivity contribution is 5.82. The summed E-state index contributed by atoms with van der Waals surface area (Å²) in [5, 5.41) is 19.0. The van der Waals surface area contributed by atoms with Crippen molar-refractivity contribution in [2.45, 2.75) is 129 Å². The van der Waals surface area contributed by atoms with E-state index >= 15 is 0 Å².